The van der Waals surface area contributed by atoms with Crippen LogP contribution in [0.25, 0.3) is 0 Å². The molecule has 128 valence electrons. The summed E-state index contributed by atoms with van der Waals surface area (Å²) in [5.41, 5.74) is 0.986. The molecular formula is C17H20N2O5. The van der Waals surface area contributed by atoms with Crippen molar-refractivity contribution in [3.8, 4) is 5.75 Å². The number of aromatic nitrogens is 1. The van der Waals surface area contributed by atoms with Gasteiger partial charge in [0.1, 0.15) is 17.6 Å². The van der Waals surface area contributed by atoms with Gasteiger partial charge in [-0.15, -0.1) is 0 Å². The molecule has 0 radical (unpaired) electrons. The zero-order valence-corrected chi connectivity index (χ0v) is 13.9. The average molecular weight is 332 g/mol. The van der Waals surface area contributed by atoms with Gasteiger partial charge < -0.3 is 19.0 Å². The van der Waals surface area contributed by atoms with Crippen molar-refractivity contribution in [2.45, 2.75) is 25.9 Å². The van der Waals surface area contributed by atoms with Crippen LogP contribution in [-0.2, 0) is 19.1 Å². The van der Waals surface area contributed by atoms with E-state index in [1.54, 1.807) is 12.4 Å². The minimum absolute atomic E-state index is 0.108. The smallest absolute Gasteiger partial charge is 0.333 e. The first-order chi connectivity index (χ1) is 11.5. The molecule has 2 aliphatic heterocycles. The second-order valence-electron chi connectivity index (χ2n) is 6.40. The van der Waals surface area contributed by atoms with Gasteiger partial charge in [0.2, 0.25) is 0 Å². The third-order valence-corrected chi connectivity index (χ3v) is 4.68. The zero-order valence-electron chi connectivity index (χ0n) is 13.9. The van der Waals surface area contributed by atoms with E-state index in [2.05, 4.69) is 21.8 Å². The monoisotopic (exact) mass is 332 g/mol. The molecule has 0 bridgehead atoms. The molecule has 0 spiro atoms. The van der Waals surface area contributed by atoms with Crippen molar-refractivity contribution in [1.29, 1.82) is 0 Å². The number of fused-ring (bicyclic) bond motifs is 1. The molecule has 0 aliphatic carbocycles. The van der Waals surface area contributed by atoms with Gasteiger partial charge in [-0.25, -0.2) is 4.79 Å². The Morgan fingerprint density at radius 1 is 1.42 bits per heavy atom. The van der Waals surface area contributed by atoms with Gasteiger partial charge in [-0.3, -0.25) is 4.98 Å². The maximum Gasteiger partial charge on any atom is 0.333 e. The Morgan fingerprint density at radius 2 is 2.21 bits per heavy atom. The molecule has 2 aliphatic rings. The Bertz CT molecular complexity index is 696. The van der Waals surface area contributed by atoms with Gasteiger partial charge in [-0.2, -0.15) is 0 Å². The first-order valence-corrected chi connectivity index (χ1v) is 7.66. The summed E-state index contributed by atoms with van der Waals surface area (Å²) >= 11 is 0. The highest BCUT2D eigenvalue weighted by Crippen LogP contribution is 2.47. The lowest BCUT2D eigenvalue weighted by Crippen LogP contribution is -2.61. The SMILES string of the molecule is COC(=O)/C=C/O/N=C1\CC(C)(C2(C)COC2)Oc2cnccc21. The Kier molecular flexibility index (Phi) is 4.28. The van der Waals surface area contributed by atoms with Gasteiger partial charge in [-0.05, 0) is 13.0 Å². The molecule has 24 heavy (non-hydrogen) atoms. The van der Waals surface area contributed by atoms with Crippen LogP contribution >= 0.6 is 0 Å². The second-order valence-corrected chi connectivity index (χ2v) is 6.40. The largest absolute Gasteiger partial charge is 0.484 e. The molecule has 1 atom stereocenters. The number of oxime groups is 1. The third kappa shape index (κ3) is 2.87. The maximum absolute atomic E-state index is 11.1. The number of esters is 1. The minimum Gasteiger partial charge on any atom is -0.484 e. The highest BCUT2D eigenvalue weighted by Gasteiger charge is 2.54. The number of hydrogen-bond donors (Lipinski definition) is 0. The minimum atomic E-state index is -0.504. The lowest BCUT2D eigenvalue weighted by Gasteiger charge is -2.52. The van der Waals surface area contributed by atoms with E-state index in [1.807, 2.05) is 13.0 Å². The fraction of sp³-hybridized carbons (Fsp3) is 0.471. The van der Waals surface area contributed by atoms with Gasteiger partial charge in [0.25, 0.3) is 0 Å². The van der Waals surface area contributed by atoms with Gasteiger partial charge in [0, 0.05) is 18.2 Å². The van der Waals surface area contributed by atoms with Gasteiger partial charge in [0.05, 0.1) is 43.7 Å². The summed E-state index contributed by atoms with van der Waals surface area (Å²) < 4.78 is 16.1. The van der Waals surface area contributed by atoms with E-state index >= 15 is 0 Å². The Balaban J connectivity index is 1.87. The fourth-order valence-electron chi connectivity index (χ4n) is 2.77. The van der Waals surface area contributed by atoms with Crippen molar-refractivity contribution in [1.82, 2.24) is 4.98 Å². The summed E-state index contributed by atoms with van der Waals surface area (Å²) in [6.45, 7) is 5.45. The van der Waals surface area contributed by atoms with Crippen LogP contribution in [0.3, 0.4) is 0 Å². The van der Waals surface area contributed by atoms with Crippen LogP contribution in [0.2, 0.25) is 0 Å². The predicted molar refractivity (Wildman–Crippen MR) is 85.6 cm³/mol. The quantitative estimate of drug-likeness (QED) is 0.363. The van der Waals surface area contributed by atoms with Crippen molar-refractivity contribution in [2.24, 2.45) is 10.6 Å². The number of hydrogen-bond acceptors (Lipinski definition) is 7. The standard InChI is InChI=1S/C17H20N2O5/c1-16(10-22-11-16)17(2)8-13(19-23-7-5-15(20)21-3)12-4-6-18-9-14(12)24-17/h4-7,9H,8,10-11H2,1-3H3/b7-5+,19-13+. The molecule has 0 N–H and O–H groups in total. The summed E-state index contributed by atoms with van der Waals surface area (Å²) in [5, 5.41) is 4.17. The lowest BCUT2D eigenvalue weighted by atomic mass is 9.68. The van der Waals surface area contributed by atoms with E-state index in [-0.39, 0.29) is 5.41 Å². The van der Waals surface area contributed by atoms with Crippen LogP contribution in [-0.4, -0.2) is 42.6 Å². The fourth-order valence-corrected chi connectivity index (χ4v) is 2.77. The van der Waals surface area contributed by atoms with Crippen molar-refractivity contribution in [2.75, 3.05) is 20.3 Å². The molecule has 0 amide bonds. The van der Waals surface area contributed by atoms with Gasteiger partial charge in [0.15, 0.2) is 0 Å². The number of carbonyl (C=O) groups is 1. The van der Waals surface area contributed by atoms with Crippen molar-refractivity contribution < 1.29 is 23.8 Å². The summed E-state index contributed by atoms with van der Waals surface area (Å²) in [6.07, 6.45) is 6.28. The van der Waals surface area contributed by atoms with Gasteiger partial charge >= 0.3 is 5.97 Å². The topological polar surface area (TPSA) is 79.2 Å². The molecule has 0 saturated carbocycles. The van der Waals surface area contributed by atoms with E-state index in [1.165, 1.54) is 13.4 Å². The Morgan fingerprint density at radius 3 is 2.88 bits per heavy atom. The summed E-state index contributed by atoms with van der Waals surface area (Å²) in [5.74, 6) is 0.161. The van der Waals surface area contributed by atoms with Crippen LogP contribution in [0.5, 0.6) is 5.75 Å². The van der Waals surface area contributed by atoms with Crippen molar-refractivity contribution >= 4 is 11.7 Å². The molecule has 1 aromatic rings. The van der Waals surface area contributed by atoms with Crippen LogP contribution in [0.15, 0.2) is 36.0 Å². The van der Waals surface area contributed by atoms with Crippen molar-refractivity contribution in [3.05, 3.63) is 36.4 Å². The molecule has 7 nitrogen and oxygen atoms in total. The first-order valence-electron chi connectivity index (χ1n) is 7.66. The third-order valence-electron chi connectivity index (χ3n) is 4.68. The van der Waals surface area contributed by atoms with E-state index in [9.17, 15) is 4.79 Å². The molecule has 0 aromatic carbocycles. The number of nitrogens with zero attached hydrogens (tertiary/aromatic N) is 2. The second kappa shape index (κ2) is 6.24. The molecular weight excluding hydrogens is 312 g/mol. The number of pyridine rings is 1. The molecule has 3 heterocycles. The Hall–Kier alpha value is -2.41. The molecule has 3 rings (SSSR count). The highest BCUT2D eigenvalue weighted by molar-refractivity contribution is 6.04. The van der Waals surface area contributed by atoms with E-state index in [0.717, 1.165) is 17.4 Å². The predicted octanol–water partition coefficient (Wildman–Crippen LogP) is 2.07. The van der Waals surface area contributed by atoms with Crippen LogP contribution in [0.4, 0.5) is 0 Å². The van der Waals surface area contributed by atoms with Crippen LogP contribution < -0.4 is 4.74 Å². The van der Waals surface area contributed by atoms with Crippen molar-refractivity contribution in [3.63, 3.8) is 0 Å². The molecule has 1 unspecified atom stereocenters. The van der Waals surface area contributed by atoms with E-state index in [4.69, 9.17) is 14.3 Å². The summed E-state index contributed by atoms with van der Waals surface area (Å²) in [4.78, 5) is 20.3. The zero-order chi connectivity index (χ0) is 17.2. The highest BCUT2D eigenvalue weighted by atomic mass is 16.6. The lowest BCUT2D eigenvalue weighted by molar-refractivity contribution is -0.193. The molecule has 1 aromatic heterocycles. The molecule has 7 heteroatoms. The molecule has 1 fully saturated rings. The number of rotatable bonds is 4. The van der Waals surface area contributed by atoms with E-state index < -0.39 is 11.6 Å². The number of ether oxygens (including phenoxy) is 3. The average Bonchev–Trinajstić information content (AvgIpc) is 2.55. The number of carbonyl (C=O) groups excluding carboxylic acids is 1. The molecule has 1 saturated heterocycles. The summed E-state index contributed by atoms with van der Waals surface area (Å²) in [6, 6.07) is 1.83. The maximum atomic E-state index is 11.1. The van der Waals surface area contributed by atoms with Crippen LogP contribution in [0.1, 0.15) is 25.8 Å². The Labute approximate surface area is 140 Å². The van der Waals surface area contributed by atoms with Crippen LogP contribution in [0, 0.1) is 5.41 Å². The van der Waals surface area contributed by atoms with E-state index in [0.29, 0.717) is 25.4 Å². The van der Waals surface area contributed by atoms with Gasteiger partial charge in [-0.1, -0.05) is 12.1 Å². The summed E-state index contributed by atoms with van der Waals surface area (Å²) in [7, 11) is 1.30. The normalized spacial score (nSPS) is 26.4. The first kappa shape index (κ1) is 16.4. The number of methoxy groups -OCH3 is 1.